The van der Waals surface area contributed by atoms with Gasteiger partial charge >= 0.3 is 0 Å². The second-order valence-electron chi connectivity index (χ2n) is 5.35. The lowest BCUT2D eigenvalue weighted by Crippen LogP contribution is -2.40. The predicted octanol–water partition coefficient (Wildman–Crippen LogP) is 1.67. The average Bonchev–Trinajstić information content (AvgIpc) is 2.63. The van der Waals surface area contributed by atoms with E-state index in [1.165, 1.54) is 45.6 Å². The Hall–Kier alpha value is 0.120. The molecule has 0 amide bonds. The van der Waals surface area contributed by atoms with Crippen LogP contribution in [0.4, 0.5) is 0 Å². The highest BCUT2D eigenvalue weighted by Gasteiger charge is 2.19. The molecule has 2 N–H and O–H groups in total. The molecule has 0 saturated heterocycles. The van der Waals surface area contributed by atoms with Gasteiger partial charge in [0.05, 0.1) is 11.9 Å². The number of ether oxygens (including phenoxy) is 1. The molecule has 0 aliphatic heterocycles. The third-order valence-corrected chi connectivity index (χ3v) is 5.45. The second kappa shape index (κ2) is 10.8. The average molecular weight is 329 g/mol. The molecule has 0 spiro atoms. The van der Waals surface area contributed by atoms with Gasteiger partial charge in [-0.25, -0.2) is 13.1 Å². The summed E-state index contributed by atoms with van der Waals surface area (Å²) in [7, 11) is -1.73. The fourth-order valence-electron chi connectivity index (χ4n) is 2.42. The summed E-state index contributed by atoms with van der Waals surface area (Å²) in [6.45, 7) is 3.03. The van der Waals surface area contributed by atoms with E-state index < -0.39 is 15.3 Å². The summed E-state index contributed by atoms with van der Waals surface area (Å²) in [5.74, 6) is 0. The van der Waals surface area contributed by atoms with Crippen LogP contribution >= 0.6 is 12.4 Å². The number of hydrogen-bond acceptors (Lipinski definition) is 4. The molecule has 0 heterocycles. The van der Waals surface area contributed by atoms with Crippen molar-refractivity contribution in [3.05, 3.63) is 0 Å². The molecule has 1 saturated carbocycles. The molecule has 5 nitrogen and oxygen atoms in total. The zero-order chi connectivity index (χ0) is 14.1. The zero-order valence-corrected chi connectivity index (χ0v) is 14.2. The monoisotopic (exact) mass is 328 g/mol. The van der Waals surface area contributed by atoms with Crippen molar-refractivity contribution in [3.8, 4) is 0 Å². The van der Waals surface area contributed by atoms with E-state index in [1.807, 2.05) is 0 Å². The van der Waals surface area contributed by atoms with Gasteiger partial charge in [-0.2, -0.15) is 0 Å². The second-order valence-corrected chi connectivity index (χ2v) is 7.53. The van der Waals surface area contributed by atoms with E-state index in [2.05, 4.69) is 10.0 Å². The van der Waals surface area contributed by atoms with Gasteiger partial charge in [0, 0.05) is 26.2 Å². The quantitative estimate of drug-likeness (QED) is 0.525. The molecule has 1 unspecified atom stereocenters. The number of methoxy groups -OCH3 is 1. The largest absolute Gasteiger partial charge is 0.383 e. The number of hydrogen-bond donors (Lipinski definition) is 2. The SMILES string of the molecule is COCC(C)S(=O)(=O)NCCNC1CCCCCC1.Cl. The summed E-state index contributed by atoms with van der Waals surface area (Å²) >= 11 is 0. The van der Waals surface area contributed by atoms with Gasteiger partial charge in [-0.05, 0) is 19.8 Å². The summed E-state index contributed by atoms with van der Waals surface area (Å²) in [6, 6.07) is 0.559. The minimum absolute atomic E-state index is 0. The number of sulfonamides is 1. The summed E-state index contributed by atoms with van der Waals surface area (Å²) in [4.78, 5) is 0. The van der Waals surface area contributed by atoms with Gasteiger partial charge in [-0.15, -0.1) is 12.4 Å². The topological polar surface area (TPSA) is 67.4 Å². The van der Waals surface area contributed by atoms with E-state index in [0.717, 1.165) is 0 Å². The van der Waals surface area contributed by atoms with Gasteiger partial charge in [0.2, 0.25) is 10.0 Å². The maximum atomic E-state index is 11.8. The van der Waals surface area contributed by atoms with Crippen molar-refractivity contribution < 1.29 is 13.2 Å². The van der Waals surface area contributed by atoms with Crippen LogP contribution in [0.15, 0.2) is 0 Å². The Kier molecular flexibility index (Phi) is 10.9. The predicted molar refractivity (Wildman–Crippen MR) is 85.0 cm³/mol. The van der Waals surface area contributed by atoms with Crippen LogP contribution in [0, 0.1) is 0 Å². The van der Waals surface area contributed by atoms with Gasteiger partial charge < -0.3 is 10.1 Å². The maximum Gasteiger partial charge on any atom is 0.216 e. The number of rotatable bonds is 8. The van der Waals surface area contributed by atoms with E-state index >= 15 is 0 Å². The molecule has 0 aromatic rings. The molecule has 1 rings (SSSR count). The van der Waals surface area contributed by atoms with Crippen molar-refractivity contribution in [2.75, 3.05) is 26.8 Å². The van der Waals surface area contributed by atoms with Crippen LogP contribution < -0.4 is 10.0 Å². The first-order valence-electron chi connectivity index (χ1n) is 7.27. The minimum atomic E-state index is -3.25. The highest BCUT2D eigenvalue weighted by Crippen LogP contribution is 2.16. The van der Waals surface area contributed by atoms with E-state index in [-0.39, 0.29) is 19.0 Å². The lowest BCUT2D eigenvalue weighted by molar-refractivity contribution is 0.200. The van der Waals surface area contributed by atoms with Crippen LogP contribution in [0.3, 0.4) is 0 Å². The Morgan fingerprint density at radius 3 is 2.30 bits per heavy atom. The van der Waals surface area contributed by atoms with Gasteiger partial charge in [0.25, 0.3) is 0 Å². The lowest BCUT2D eigenvalue weighted by atomic mass is 10.1. The third kappa shape index (κ3) is 7.78. The van der Waals surface area contributed by atoms with Gasteiger partial charge in [-0.3, -0.25) is 0 Å². The van der Waals surface area contributed by atoms with Crippen molar-refractivity contribution in [3.63, 3.8) is 0 Å². The third-order valence-electron chi connectivity index (χ3n) is 3.65. The van der Waals surface area contributed by atoms with Gasteiger partial charge in [0.1, 0.15) is 0 Å². The fraction of sp³-hybridized carbons (Fsp3) is 1.00. The van der Waals surface area contributed by atoms with Crippen LogP contribution in [-0.2, 0) is 14.8 Å². The molecule has 1 atom stereocenters. The van der Waals surface area contributed by atoms with Gasteiger partial charge in [0.15, 0.2) is 0 Å². The standard InChI is InChI=1S/C13H28N2O3S.ClH/c1-12(11-18-2)19(16,17)15-10-9-14-13-7-5-3-4-6-8-13;/h12-15H,3-11H2,1-2H3;1H. The smallest absolute Gasteiger partial charge is 0.216 e. The summed E-state index contributed by atoms with van der Waals surface area (Å²) in [6.07, 6.45) is 7.67. The van der Waals surface area contributed by atoms with Crippen molar-refractivity contribution in [2.45, 2.75) is 56.7 Å². The molecule has 122 valence electrons. The molecule has 0 aromatic carbocycles. The van der Waals surface area contributed by atoms with E-state index in [0.29, 0.717) is 19.1 Å². The minimum Gasteiger partial charge on any atom is -0.383 e. The fourth-order valence-corrected chi connectivity index (χ4v) is 3.41. The Morgan fingerprint density at radius 1 is 1.15 bits per heavy atom. The molecule has 1 aliphatic rings. The van der Waals surface area contributed by atoms with Crippen LogP contribution in [0.1, 0.15) is 45.4 Å². The number of nitrogens with one attached hydrogen (secondary N) is 2. The first kappa shape index (κ1) is 20.1. The van der Waals surface area contributed by atoms with Crippen LogP contribution in [0.25, 0.3) is 0 Å². The van der Waals surface area contributed by atoms with Crippen molar-refractivity contribution >= 4 is 22.4 Å². The molecule has 0 aromatic heterocycles. The normalized spacial score (nSPS) is 19.1. The van der Waals surface area contributed by atoms with Crippen LogP contribution in [-0.4, -0.2) is 46.5 Å². The highest BCUT2D eigenvalue weighted by molar-refractivity contribution is 7.90. The highest BCUT2D eigenvalue weighted by atomic mass is 35.5. The van der Waals surface area contributed by atoms with E-state index in [9.17, 15) is 8.42 Å². The van der Waals surface area contributed by atoms with Crippen molar-refractivity contribution in [1.82, 2.24) is 10.0 Å². The first-order valence-corrected chi connectivity index (χ1v) is 8.81. The summed E-state index contributed by atoms with van der Waals surface area (Å²) in [5, 5.41) is 2.94. The molecule has 1 fully saturated rings. The maximum absolute atomic E-state index is 11.8. The van der Waals surface area contributed by atoms with E-state index in [1.54, 1.807) is 6.92 Å². The van der Waals surface area contributed by atoms with Crippen molar-refractivity contribution in [2.24, 2.45) is 0 Å². The molecular formula is C13H29ClN2O3S. The first-order chi connectivity index (χ1) is 9.06. The van der Waals surface area contributed by atoms with Crippen molar-refractivity contribution in [1.29, 1.82) is 0 Å². The van der Waals surface area contributed by atoms with E-state index in [4.69, 9.17) is 4.74 Å². The Labute approximate surface area is 129 Å². The molecule has 20 heavy (non-hydrogen) atoms. The molecular weight excluding hydrogens is 300 g/mol. The lowest BCUT2D eigenvalue weighted by Gasteiger charge is -2.17. The zero-order valence-electron chi connectivity index (χ0n) is 12.6. The molecule has 7 heteroatoms. The molecule has 0 radical (unpaired) electrons. The Bertz CT molecular complexity index is 331. The summed E-state index contributed by atoms with van der Waals surface area (Å²) < 4.78 is 31.1. The number of halogens is 1. The molecule has 1 aliphatic carbocycles. The van der Waals surface area contributed by atoms with Gasteiger partial charge in [-0.1, -0.05) is 25.7 Å². The Morgan fingerprint density at radius 2 is 1.75 bits per heavy atom. The van der Waals surface area contributed by atoms with Crippen LogP contribution in [0.2, 0.25) is 0 Å². The van der Waals surface area contributed by atoms with Crippen LogP contribution in [0.5, 0.6) is 0 Å². The summed E-state index contributed by atoms with van der Waals surface area (Å²) in [5.41, 5.74) is 0. The Balaban J connectivity index is 0.00000361. The molecule has 0 bridgehead atoms.